The van der Waals surface area contributed by atoms with Crippen molar-refractivity contribution >= 4 is 28.3 Å². The third-order valence-corrected chi connectivity index (χ3v) is 3.42. The second kappa shape index (κ2) is 7.47. The third-order valence-electron chi connectivity index (χ3n) is 3.25. The number of rotatable bonds is 7. The SMILES string of the molecule is COc1cc2nc(Cl)nc(NCCCN(C)C)c2cc1OC. The van der Waals surface area contributed by atoms with Crippen molar-refractivity contribution in [2.45, 2.75) is 6.42 Å². The molecule has 0 aliphatic heterocycles. The normalized spacial score (nSPS) is 11.0. The topological polar surface area (TPSA) is 59.5 Å². The van der Waals surface area contributed by atoms with Gasteiger partial charge >= 0.3 is 0 Å². The summed E-state index contributed by atoms with van der Waals surface area (Å²) in [5.41, 5.74) is 0.716. The van der Waals surface area contributed by atoms with Crippen molar-refractivity contribution in [2.24, 2.45) is 0 Å². The van der Waals surface area contributed by atoms with Gasteiger partial charge in [0.15, 0.2) is 11.5 Å². The van der Waals surface area contributed by atoms with Crippen molar-refractivity contribution in [2.75, 3.05) is 46.7 Å². The van der Waals surface area contributed by atoms with Crippen LogP contribution >= 0.6 is 11.6 Å². The number of ether oxygens (including phenoxy) is 2. The first kappa shape index (κ1) is 16.6. The maximum atomic E-state index is 6.01. The zero-order chi connectivity index (χ0) is 16.1. The first-order chi connectivity index (χ1) is 10.5. The lowest BCUT2D eigenvalue weighted by Crippen LogP contribution is -2.16. The predicted octanol–water partition coefficient (Wildman–Crippen LogP) is 2.66. The minimum Gasteiger partial charge on any atom is -0.493 e. The summed E-state index contributed by atoms with van der Waals surface area (Å²) in [6.45, 7) is 1.80. The average molecular weight is 325 g/mol. The minimum atomic E-state index is 0.204. The molecular formula is C15H21ClN4O2. The zero-order valence-electron chi connectivity index (χ0n) is 13.3. The van der Waals surface area contributed by atoms with E-state index in [0.717, 1.165) is 24.9 Å². The van der Waals surface area contributed by atoms with Gasteiger partial charge in [0.2, 0.25) is 5.28 Å². The molecule has 0 bridgehead atoms. The van der Waals surface area contributed by atoms with Crippen molar-refractivity contribution < 1.29 is 9.47 Å². The van der Waals surface area contributed by atoms with Crippen LogP contribution in [0.2, 0.25) is 5.28 Å². The molecule has 0 fully saturated rings. The van der Waals surface area contributed by atoms with Crippen LogP contribution in [0.25, 0.3) is 10.9 Å². The van der Waals surface area contributed by atoms with Gasteiger partial charge in [-0.2, -0.15) is 0 Å². The summed E-state index contributed by atoms with van der Waals surface area (Å²) in [6, 6.07) is 3.66. The molecule has 0 atom stereocenters. The van der Waals surface area contributed by atoms with Crippen LogP contribution in [0, 0.1) is 0 Å². The van der Waals surface area contributed by atoms with Crippen LogP contribution in [-0.4, -0.2) is 56.3 Å². The number of anilines is 1. The Kier molecular flexibility index (Phi) is 5.63. The lowest BCUT2D eigenvalue weighted by atomic mass is 10.2. The molecule has 0 aliphatic rings. The Morgan fingerprint density at radius 3 is 2.45 bits per heavy atom. The fraction of sp³-hybridized carbons (Fsp3) is 0.467. The highest BCUT2D eigenvalue weighted by Gasteiger charge is 2.12. The number of hydrogen-bond donors (Lipinski definition) is 1. The van der Waals surface area contributed by atoms with E-state index in [-0.39, 0.29) is 5.28 Å². The second-order valence-electron chi connectivity index (χ2n) is 5.15. The second-order valence-corrected chi connectivity index (χ2v) is 5.49. The van der Waals surface area contributed by atoms with E-state index in [1.165, 1.54) is 0 Å². The lowest BCUT2D eigenvalue weighted by molar-refractivity contribution is 0.356. The Labute approximate surface area is 135 Å². The molecule has 0 saturated heterocycles. The number of benzene rings is 1. The van der Waals surface area contributed by atoms with E-state index >= 15 is 0 Å². The first-order valence-electron chi connectivity index (χ1n) is 7.03. The summed E-state index contributed by atoms with van der Waals surface area (Å²) >= 11 is 6.01. The summed E-state index contributed by atoms with van der Waals surface area (Å²) < 4.78 is 10.6. The Balaban J connectivity index is 2.32. The van der Waals surface area contributed by atoms with E-state index < -0.39 is 0 Å². The highest BCUT2D eigenvalue weighted by atomic mass is 35.5. The van der Waals surface area contributed by atoms with Crippen LogP contribution < -0.4 is 14.8 Å². The molecule has 1 aromatic heterocycles. The molecule has 0 unspecified atom stereocenters. The number of nitrogens with one attached hydrogen (secondary N) is 1. The zero-order valence-corrected chi connectivity index (χ0v) is 14.1. The lowest BCUT2D eigenvalue weighted by Gasteiger charge is -2.13. The molecule has 0 amide bonds. The Morgan fingerprint density at radius 1 is 1.14 bits per heavy atom. The Morgan fingerprint density at radius 2 is 1.82 bits per heavy atom. The van der Waals surface area contributed by atoms with Crippen LogP contribution in [0.5, 0.6) is 11.5 Å². The smallest absolute Gasteiger partial charge is 0.224 e. The molecule has 120 valence electrons. The molecule has 6 nitrogen and oxygen atoms in total. The molecule has 0 saturated carbocycles. The number of methoxy groups -OCH3 is 2. The Bertz CT molecular complexity index is 649. The fourth-order valence-electron chi connectivity index (χ4n) is 2.16. The fourth-order valence-corrected chi connectivity index (χ4v) is 2.34. The monoisotopic (exact) mass is 324 g/mol. The van der Waals surface area contributed by atoms with Crippen molar-refractivity contribution in [1.29, 1.82) is 0 Å². The van der Waals surface area contributed by atoms with Gasteiger partial charge in [0.05, 0.1) is 19.7 Å². The molecule has 1 heterocycles. The van der Waals surface area contributed by atoms with Gasteiger partial charge in [-0.25, -0.2) is 9.97 Å². The molecule has 0 aliphatic carbocycles. The van der Waals surface area contributed by atoms with Gasteiger partial charge in [0.25, 0.3) is 0 Å². The largest absolute Gasteiger partial charge is 0.493 e. The van der Waals surface area contributed by atoms with Crippen molar-refractivity contribution in [3.8, 4) is 11.5 Å². The molecule has 0 spiro atoms. The predicted molar refractivity (Wildman–Crippen MR) is 89.3 cm³/mol. The van der Waals surface area contributed by atoms with Gasteiger partial charge < -0.3 is 19.7 Å². The van der Waals surface area contributed by atoms with Crippen LogP contribution in [-0.2, 0) is 0 Å². The molecule has 0 radical (unpaired) electrons. The summed E-state index contributed by atoms with van der Waals surface area (Å²) in [5, 5.41) is 4.37. The van der Waals surface area contributed by atoms with Crippen LogP contribution in [0.15, 0.2) is 12.1 Å². The molecule has 2 aromatic rings. The van der Waals surface area contributed by atoms with E-state index in [1.807, 2.05) is 20.2 Å². The van der Waals surface area contributed by atoms with E-state index in [2.05, 4.69) is 20.2 Å². The molecule has 2 rings (SSSR count). The summed E-state index contributed by atoms with van der Waals surface area (Å²) in [4.78, 5) is 10.7. The van der Waals surface area contributed by atoms with Gasteiger partial charge in [-0.15, -0.1) is 0 Å². The van der Waals surface area contributed by atoms with Gasteiger partial charge in [-0.3, -0.25) is 0 Å². The number of hydrogen-bond acceptors (Lipinski definition) is 6. The Hall–Kier alpha value is -1.79. The number of fused-ring (bicyclic) bond motifs is 1. The van der Waals surface area contributed by atoms with Gasteiger partial charge in [-0.05, 0) is 44.7 Å². The minimum absolute atomic E-state index is 0.204. The van der Waals surface area contributed by atoms with E-state index in [9.17, 15) is 0 Å². The third kappa shape index (κ3) is 3.90. The maximum absolute atomic E-state index is 6.01. The number of aromatic nitrogens is 2. The van der Waals surface area contributed by atoms with Gasteiger partial charge in [0, 0.05) is 18.0 Å². The van der Waals surface area contributed by atoms with Crippen molar-refractivity contribution in [1.82, 2.24) is 14.9 Å². The highest BCUT2D eigenvalue weighted by Crippen LogP contribution is 2.34. The number of halogens is 1. The summed E-state index contributed by atoms with van der Waals surface area (Å²) in [7, 11) is 7.29. The molecule has 1 aromatic carbocycles. The maximum Gasteiger partial charge on any atom is 0.224 e. The highest BCUT2D eigenvalue weighted by molar-refractivity contribution is 6.28. The summed E-state index contributed by atoms with van der Waals surface area (Å²) in [5.74, 6) is 1.95. The molecule has 22 heavy (non-hydrogen) atoms. The molecular weight excluding hydrogens is 304 g/mol. The number of nitrogens with zero attached hydrogens (tertiary/aromatic N) is 3. The van der Waals surface area contributed by atoms with E-state index in [4.69, 9.17) is 21.1 Å². The van der Waals surface area contributed by atoms with Crippen molar-refractivity contribution in [3.63, 3.8) is 0 Å². The molecule has 7 heteroatoms. The van der Waals surface area contributed by atoms with Crippen molar-refractivity contribution in [3.05, 3.63) is 17.4 Å². The molecule has 1 N–H and O–H groups in total. The van der Waals surface area contributed by atoms with E-state index in [0.29, 0.717) is 22.8 Å². The van der Waals surface area contributed by atoms with Gasteiger partial charge in [0.1, 0.15) is 5.82 Å². The quantitative estimate of drug-likeness (QED) is 0.624. The van der Waals surface area contributed by atoms with Gasteiger partial charge in [-0.1, -0.05) is 0 Å². The van der Waals surface area contributed by atoms with Crippen LogP contribution in [0.4, 0.5) is 5.82 Å². The van der Waals surface area contributed by atoms with E-state index in [1.54, 1.807) is 20.3 Å². The summed E-state index contributed by atoms with van der Waals surface area (Å²) in [6.07, 6.45) is 1.00. The standard InChI is InChI=1S/C15H21ClN4O2/c1-20(2)7-5-6-17-14-10-8-12(21-3)13(22-4)9-11(10)18-15(16)19-14/h8-9H,5-7H2,1-4H3,(H,17,18,19). The van der Waals surface area contributed by atoms with Crippen LogP contribution in [0.3, 0.4) is 0 Å². The average Bonchev–Trinajstić information content (AvgIpc) is 2.49. The first-order valence-corrected chi connectivity index (χ1v) is 7.41. The van der Waals surface area contributed by atoms with Crippen LogP contribution in [0.1, 0.15) is 6.42 Å².